The Balaban J connectivity index is 2.18. The Kier molecular flexibility index (Phi) is 3.37. The summed E-state index contributed by atoms with van der Waals surface area (Å²) in [6.45, 7) is 1.87. The van der Waals surface area contributed by atoms with E-state index in [1.807, 2.05) is 0 Å². The summed E-state index contributed by atoms with van der Waals surface area (Å²) in [6, 6.07) is 1.42. The topological polar surface area (TPSA) is 115 Å². The first kappa shape index (κ1) is 12.6. The molecule has 1 aliphatic rings. The molecule has 1 saturated heterocycles. The second-order valence-electron chi connectivity index (χ2n) is 3.96. The first-order chi connectivity index (χ1) is 8.45. The van der Waals surface area contributed by atoms with Gasteiger partial charge in [-0.2, -0.15) is 9.97 Å². The molecule has 0 aliphatic carbocycles. The van der Waals surface area contributed by atoms with Crippen LogP contribution in [0.5, 0.6) is 0 Å². The molecule has 18 heavy (non-hydrogen) atoms. The molecule has 96 valence electrons. The summed E-state index contributed by atoms with van der Waals surface area (Å²) < 4.78 is 0. The Bertz CT molecular complexity index is 487. The van der Waals surface area contributed by atoms with E-state index in [0.717, 1.165) is 11.8 Å². The van der Waals surface area contributed by atoms with E-state index < -0.39 is 0 Å². The van der Waals surface area contributed by atoms with Crippen molar-refractivity contribution in [3.8, 4) is 0 Å². The summed E-state index contributed by atoms with van der Waals surface area (Å²) in [5.74, 6) is 0.504. The number of rotatable bonds is 2. The molecule has 0 bridgehead atoms. The van der Waals surface area contributed by atoms with Crippen molar-refractivity contribution in [3.63, 3.8) is 0 Å². The lowest BCUT2D eigenvalue weighted by Gasteiger charge is -2.14. The van der Waals surface area contributed by atoms with Crippen molar-refractivity contribution in [1.29, 1.82) is 0 Å². The lowest BCUT2D eigenvalue weighted by molar-refractivity contribution is -0.117. The average Bonchev–Trinajstić information content (AvgIpc) is 2.56. The highest BCUT2D eigenvalue weighted by Gasteiger charge is 2.33. The monoisotopic (exact) mass is 267 g/mol. The van der Waals surface area contributed by atoms with Gasteiger partial charge in [-0.25, -0.2) is 0 Å². The highest BCUT2D eigenvalue weighted by atomic mass is 32.2. The first-order valence-electron chi connectivity index (χ1n) is 5.33. The Morgan fingerprint density at radius 2 is 2.06 bits per heavy atom. The molecule has 1 aromatic rings. The first-order valence-corrected chi connectivity index (χ1v) is 6.21. The van der Waals surface area contributed by atoms with Crippen LogP contribution in [0, 0.1) is 0 Å². The van der Waals surface area contributed by atoms with Crippen molar-refractivity contribution >= 4 is 40.4 Å². The molecule has 8 heteroatoms. The van der Waals surface area contributed by atoms with Gasteiger partial charge in [-0.1, -0.05) is 11.8 Å². The number of carbonyl (C=O) groups is 2. The molecule has 0 saturated carbocycles. The molecular weight excluding hydrogens is 254 g/mol. The van der Waals surface area contributed by atoms with E-state index in [4.69, 9.17) is 11.5 Å². The van der Waals surface area contributed by atoms with E-state index in [-0.39, 0.29) is 33.9 Å². The van der Waals surface area contributed by atoms with E-state index in [1.165, 1.54) is 17.9 Å². The second-order valence-corrected chi connectivity index (χ2v) is 5.43. The minimum atomic E-state index is -0.126. The standard InChI is InChI=1S/C10H13N5O2S/c1-5(16)18-6-2-9(17)15(4-6)10-13-7(11)3-8(12)14-10/h3,6H,2,4H2,1H3,(H4,11,12,13,14). The molecular formula is C10H13N5O2S. The molecule has 2 heterocycles. The highest BCUT2D eigenvalue weighted by Crippen LogP contribution is 2.27. The van der Waals surface area contributed by atoms with Crippen LogP contribution in [0.2, 0.25) is 0 Å². The van der Waals surface area contributed by atoms with Crippen molar-refractivity contribution in [3.05, 3.63) is 6.07 Å². The number of hydrogen-bond acceptors (Lipinski definition) is 7. The summed E-state index contributed by atoms with van der Waals surface area (Å²) in [5, 5.41) is -0.0797. The van der Waals surface area contributed by atoms with Gasteiger partial charge in [0.25, 0.3) is 0 Å². The molecule has 0 spiro atoms. The molecule has 1 aromatic heterocycles. The molecule has 1 amide bonds. The summed E-state index contributed by atoms with van der Waals surface area (Å²) in [4.78, 5) is 32.2. The smallest absolute Gasteiger partial charge is 0.236 e. The van der Waals surface area contributed by atoms with E-state index in [9.17, 15) is 9.59 Å². The molecule has 7 nitrogen and oxygen atoms in total. The second kappa shape index (κ2) is 4.81. The number of nitrogen functional groups attached to an aromatic ring is 2. The van der Waals surface area contributed by atoms with Crippen LogP contribution in [-0.2, 0) is 9.59 Å². The van der Waals surface area contributed by atoms with Crippen LogP contribution >= 0.6 is 11.8 Å². The maximum absolute atomic E-state index is 11.8. The number of carbonyl (C=O) groups excluding carboxylic acids is 2. The molecule has 1 unspecified atom stereocenters. The predicted octanol–water partition coefficient (Wildman–Crippen LogP) is 0.0260. The summed E-state index contributed by atoms with van der Waals surface area (Å²) in [6.07, 6.45) is 0.294. The third-order valence-corrected chi connectivity index (χ3v) is 3.40. The van der Waals surface area contributed by atoms with Gasteiger partial charge in [0.05, 0.1) is 0 Å². The fourth-order valence-electron chi connectivity index (χ4n) is 1.77. The molecule has 1 fully saturated rings. The normalized spacial score (nSPS) is 19.3. The van der Waals surface area contributed by atoms with Crippen LogP contribution in [0.1, 0.15) is 13.3 Å². The van der Waals surface area contributed by atoms with Crippen LogP contribution in [-0.4, -0.2) is 32.8 Å². The van der Waals surface area contributed by atoms with Crippen molar-refractivity contribution in [2.45, 2.75) is 18.6 Å². The molecule has 0 radical (unpaired) electrons. The number of hydrogen-bond donors (Lipinski definition) is 2. The van der Waals surface area contributed by atoms with Crippen LogP contribution < -0.4 is 16.4 Å². The zero-order valence-electron chi connectivity index (χ0n) is 9.79. The third kappa shape index (κ3) is 2.70. The summed E-state index contributed by atoms with van der Waals surface area (Å²) >= 11 is 1.15. The van der Waals surface area contributed by atoms with Gasteiger partial charge in [0.2, 0.25) is 11.9 Å². The zero-order chi connectivity index (χ0) is 13.3. The number of amides is 1. The summed E-state index contributed by atoms with van der Waals surface area (Å²) in [7, 11) is 0. The van der Waals surface area contributed by atoms with Gasteiger partial charge in [-0.15, -0.1) is 0 Å². The van der Waals surface area contributed by atoms with Crippen LogP contribution in [0.3, 0.4) is 0 Å². The molecule has 2 rings (SSSR count). The zero-order valence-corrected chi connectivity index (χ0v) is 10.6. The van der Waals surface area contributed by atoms with Gasteiger partial charge in [-0.05, 0) is 0 Å². The fourth-order valence-corrected chi connectivity index (χ4v) is 2.69. The largest absolute Gasteiger partial charge is 0.383 e. The molecule has 4 N–H and O–H groups in total. The lowest BCUT2D eigenvalue weighted by Crippen LogP contribution is -2.27. The Labute approximate surface area is 108 Å². The van der Waals surface area contributed by atoms with E-state index in [2.05, 4.69) is 9.97 Å². The number of anilines is 3. The van der Waals surface area contributed by atoms with Gasteiger partial charge in [-0.3, -0.25) is 14.5 Å². The van der Waals surface area contributed by atoms with Crippen LogP contribution in [0.25, 0.3) is 0 Å². The highest BCUT2D eigenvalue weighted by molar-refractivity contribution is 8.14. The minimum Gasteiger partial charge on any atom is -0.383 e. The summed E-state index contributed by atoms with van der Waals surface area (Å²) in [5.41, 5.74) is 11.1. The van der Waals surface area contributed by atoms with E-state index >= 15 is 0 Å². The Morgan fingerprint density at radius 3 is 2.61 bits per heavy atom. The van der Waals surface area contributed by atoms with Crippen LogP contribution in [0.4, 0.5) is 17.6 Å². The van der Waals surface area contributed by atoms with Gasteiger partial charge >= 0.3 is 0 Å². The van der Waals surface area contributed by atoms with Crippen molar-refractivity contribution < 1.29 is 9.59 Å². The Morgan fingerprint density at radius 1 is 1.44 bits per heavy atom. The number of aromatic nitrogens is 2. The maximum Gasteiger partial charge on any atom is 0.236 e. The molecule has 0 aromatic carbocycles. The van der Waals surface area contributed by atoms with Crippen molar-refractivity contribution in [2.75, 3.05) is 22.9 Å². The number of nitrogens with two attached hydrogens (primary N) is 2. The average molecular weight is 267 g/mol. The minimum absolute atomic E-state index is 0.0114. The van der Waals surface area contributed by atoms with Gasteiger partial charge < -0.3 is 11.5 Å². The molecule has 1 aliphatic heterocycles. The maximum atomic E-state index is 11.8. The fraction of sp³-hybridized carbons (Fsp3) is 0.400. The van der Waals surface area contributed by atoms with Crippen LogP contribution in [0.15, 0.2) is 6.07 Å². The van der Waals surface area contributed by atoms with Crippen molar-refractivity contribution in [1.82, 2.24) is 9.97 Å². The van der Waals surface area contributed by atoms with Gasteiger partial charge in [0, 0.05) is 31.2 Å². The van der Waals surface area contributed by atoms with E-state index in [1.54, 1.807) is 0 Å². The van der Waals surface area contributed by atoms with Crippen molar-refractivity contribution in [2.24, 2.45) is 0 Å². The third-order valence-electron chi connectivity index (χ3n) is 2.42. The molecule has 1 atom stereocenters. The quantitative estimate of drug-likeness (QED) is 0.776. The number of thioether (sulfide) groups is 1. The number of nitrogens with zero attached hydrogens (tertiary/aromatic N) is 3. The lowest BCUT2D eigenvalue weighted by atomic mass is 10.4. The predicted molar refractivity (Wildman–Crippen MR) is 69.9 cm³/mol. The van der Waals surface area contributed by atoms with Gasteiger partial charge in [0.15, 0.2) is 5.12 Å². The van der Waals surface area contributed by atoms with E-state index in [0.29, 0.717) is 13.0 Å². The van der Waals surface area contributed by atoms with Gasteiger partial charge in [0.1, 0.15) is 11.6 Å². The Hall–Kier alpha value is -1.83. The SMILES string of the molecule is CC(=O)SC1CC(=O)N(c2nc(N)cc(N)n2)C1.